The molecule has 1 aliphatic heterocycles. The zero-order valence-electron chi connectivity index (χ0n) is 15.0. The van der Waals surface area contributed by atoms with Crippen LogP contribution in [0.15, 0.2) is 66.0 Å². The van der Waals surface area contributed by atoms with E-state index in [-0.39, 0.29) is 6.04 Å². The molecular formula is C22H22N2O2S. The van der Waals surface area contributed by atoms with E-state index in [4.69, 9.17) is 9.72 Å². The molecule has 0 amide bonds. The highest BCUT2D eigenvalue weighted by Crippen LogP contribution is 2.36. The minimum atomic E-state index is -0.596. The number of benzene rings is 2. The molecule has 0 N–H and O–H groups in total. The second kappa shape index (κ2) is 8.46. The predicted octanol–water partition coefficient (Wildman–Crippen LogP) is 4.94. The second-order valence-electron chi connectivity index (χ2n) is 6.64. The van der Waals surface area contributed by atoms with Crippen molar-refractivity contribution >= 4 is 17.6 Å². The van der Waals surface area contributed by atoms with Crippen molar-refractivity contribution in [1.29, 1.82) is 0 Å². The fourth-order valence-corrected chi connectivity index (χ4v) is 4.50. The highest BCUT2D eigenvalue weighted by molar-refractivity contribution is 7.10. The summed E-state index contributed by atoms with van der Waals surface area (Å²) >= 11 is 1.66. The Hall–Kier alpha value is -2.50. The van der Waals surface area contributed by atoms with E-state index in [0.717, 1.165) is 48.4 Å². The number of carbonyl (C=O) groups is 1. The summed E-state index contributed by atoms with van der Waals surface area (Å²) in [5, 5.41) is 3.16. The average Bonchev–Trinajstić information content (AvgIpc) is 3.24. The normalized spacial score (nSPS) is 18.7. The highest BCUT2D eigenvalue weighted by atomic mass is 32.1. The Kier molecular flexibility index (Phi) is 5.61. The van der Waals surface area contributed by atoms with Gasteiger partial charge in [-0.3, -0.25) is 9.69 Å². The number of thiazole rings is 1. The number of hydrogen-bond donors (Lipinski definition) is 0. The molecule has 1 fully saturated rings. The Bertz CT molecular complexity index is 866. The van der Waals surface area contributed by atoms with Crippen LogP contribution in [-0.4, -0.2) is 28.9 Å². The molecule has 1 aliphatic rings. The van der Waals surface area contributed by atoms with Crippen molar-refractivity contribution in [2.75, 3.05) is 6.54 Å². The molecular weight excluding hydrogens is 356 g/mol. The van der Waals surface area contributed by atoms with Crippen LogP contribution in [-0.2, 0) is 4.79 Å². The molecule has 0 saturated carbocycles. The highest BCUT2D eigenvalue weighted by Gasteiger charge is 2.33. The van der Waals surface area contributed by atoms with Gasteiger partial charge < -0.3 is 4.74 Å². The van der Waals surface area contributed by atoms with Crippen molar-refractivity contribution in [2.45, 2.75) is 31.5 Å². The van der Waals surface area contributed by atoms with E-state index in [1.165, 1.54) is 0 Å². The molecule has 27 heavy (non-hydrogen) atoms. The SMILES string of the molecule is O=CC(Oc1ccccc1)N1CCCC[C@@H]1c1nc(-c2ccccc2)cs1. The molecule has 1 saturated heterocycles. The number of para-hydroxylation sites is 1. The number of likely N-dealkylation sites (tertiary alicyclic amines) is 1. The molecule has 4 rings (SSSR count). The van der Waals surface area contributed by atoms with Gasteiger partial charge in [0, 0.05) is 17.5 Å². The van der Waals surface area contributed by atoms with E-state index in [0.29, 0.717) is 5.75 Å². The fourth-order valence-electron chi connectivity index (χ4n) is 3.52. The number of piperidine rings is 1. The Morgan fingerprint density at radius 2 is 1.81 bits per heavy atom. The minimum Gasteiger partial charge on any atom is -0.468 e. The van der Waals surface area contributed by atoms with Crippen LogP contribution in [0, 0.1) is 0 Å². The first-order valence-electron chi connectivity index (χ1n) is 9.29. The lowest BCUT2D eigenvalue weighted by atomic mass is 10.0. The lowest BCUT2D eigenvalue weighted by Crippen LogP contribution is -2.45. The van der Waals surface area contributed by atoms with Gasteiger partial charge in [0.05, 0.1) is 11.7 Å². The van der Waals surface area contributed by atoms with Crippen LogP contribution < -0.4 is 4.74 Å². The minimum absolute atomic E-state index is 0.111. The molecule has 5 heteroatoms. The standard InChI is InChI=1S/C22H22N2O2S/c25-15-21(26-18-11-5-2-6-12-18)24-14-8-7-13-20(24)22-23-19(16-27-22)17-9-3-1-4-10-17/h1-6,9-12,15-16,20-21H,7-8,13-14H2/t20-,21?/m1/s1. The van der Waals surface area contributed by atoms with E-state index >= 15 is 0 Å². The topological polar surface area (TPSA) is 42.4 Å². The first-order valence-corrected chi connectivity index (χ1v) is 10.2. The van der Waals surface area contributed by atoms with Crippen LogP contribution in [0.5, 0.6) is 5.75 Å². The summed E-state index contributed by atoms with van der Waals surface area (Å²) in [6.45, 7) is 0.834. The number of aldehydes is 1. The summed E-state index contributed by atoms with van der Waals surface area (Å²) in [6.07, 6.45) is 3.50. The van der Waals surface area contributed by atoms with E-state index in [9.17, 15) is 4.79 Å². The maximum atomic E-state index is 11.8. The lowest BCUT2D eigenvalue weighted by Gasteiger charge is -2.37. The molecule has 0 spiro atoms. The van der Waals surface area contributed by atoms with Crippen LogP contribution in [0.2, 0.25) is 0 Å². The first-order chi connectivity index (χ1) is 13.3. The molecule has 138 valence electrons. The zero-order chi connectivity index (χ0) is 18.5. The van der Waals surface area contributed by atoms with Gasteiger partial charge in [-0.25, -0.2) is 4.98 Å². The van der Waals surface area contributed by atoms with Crippen LogP contribution in [0.4, 0.5) is 0 Å². The largest absolute Gasteiger partial charge is 0.468 e. The van der Waals surface area contributed by atoms with Crippen molar-refractivity contribution in [1.82, 2.24) is 9.88 Å². The van der Waals surface area contributed by atoms with Crippen molar-refractivity contribution < 1.29 is 9.53 Å². The third-order valence-electron chi connectivity index (χ3n) is 4.86. The average molecular weight is 378 g/mol. The molecule has 2 atom stereocenters. The molecule has 4 nitrogen and oxygen atoms in total. The summed E-state index contributed by atoms with van der Waals surface area (Å²) in [5.41, 5.74) is 2.11. The van der Waals surface area contributed by atoms with Gasteiger partial charge in [-0.2, -0.15) is 0 Å². The van der Waals surface area contributed by atoms with E-state index in [1.807, 2.05) is 48.5 Å². The predicted molar refractivity (Wildman–Crippen MR) is 108 cm³/mol. The quantitative estimate of drug-likeness (QED) is 0.570. The van der Waals surface area contributed by atoms with Crippen molar-refractivity contribution in [2.24, 2.45) is 0 Å². The van der Waals surface area contributed by atoms with Gasteiger partial charge in [-0.05, 0) is 25.0 Å². The van der Waals surface area contributed by atoms with Gasteiger partial charge >= 0.3 is 0 Å². The van der Waals surface area contributed by atoms with Crippen molar-refractivity contribution in [3.05, 3.63) is 71.1 Å². The zero-order valence-corrected chi connectivity index (χ0v) is 15.8. The summed E-state index contributed by atoms with van der Waals surface area (Å²) in [5.74, 6) is 0.711. The molecule has 2 aromatic carbocycles. The summed E-state index contributed by atoms with van der Waals surface area (Å²) < 4.78 is 5.98. The first kappa shape index (κ1) is 17.9. The number of carbonyl (C=O) groups excluding carboxylic acids is 1. The second-order valence-corrected chi connectivity index (χ2v) is 7.53. The van der Waals surface area contributed by atoms with E-state index in [1.54, 1.807) is 11.3 Å². The Morgan fingerprint density at radius 3 is 2.56 bits per heavy atom. The number of ether oxygens (including phenoxy) is 1. The fraction of sp³-hybridized carbons (Fsp3) is 0.273. The molecule has 2 heterocycles. The van der Waals surface area contributed by atoms with Crippen molar-refractivity contribution in [3.63, 3.8) is 0 Å². The maximum Gasteiger partial charge on any atom is 0.209 e. The van der Waals surface area contributed by atoms with Crippen LogP contribution in [0.25, 0.3) is 11.3 Å². The monoisotopic (exact) mass is 378 g/mol. The summed E-state index contributed by atoms with van der Waals surface area (Å²) in [6, 6.07) is 19.8. The Morgan fingerprint density at radius 1 is 1.07 bits per heavy atom. The van der Waals surface area contributed by atoms with Gasteiger partial charge in [0.2, 0.25) is 6.23 Å². The summed E-state index contributed by atoms with van der Waals surface area (Å²) in [4.78, 5) is 18.9. The third kappa shape index (κ3) is 4.10. The molecule has 0 radical (unpaired) electrons. The lowest BCUT2D eigenvalue weighted by molar-refractivity contribution is -0.125. The summed E-state index contributed by atoms with van der Waals surface area (Å²) in [7, 11) is 0. The van der Waals surface area contributed by atoms with Gasteiger partial charge in [-0.1, -0.05) is 55.0 Å². The van der Waals surface area contributed by atoms with Crippen LogP contribution >= 0.6 is 11.3 Å². The van der Waals surface area contributed by atoms with Crippen LogP contribution in [0.3, 0.4) is 0 Å². The van der Waals surface area contributed by atoms with Gasteiger partial charge in [-0.15, -0.1) is 11.3 Å². The number of nitrogens with zero attached hydrogens (tertiary/aromatic N) is 2. The molecule has 0 bridgehead atoms. The van der Waals surface area contributed by atoms with Crippen molar-refractivity contribution in [3.8, 4) is 17.0 Å². The van der Waals surface area contributed by atoms with E-state index in [2.05, 4.69) is 22.4 Å². The number of hydrogen-bond acceptors (Lipinski definition) is 5. The smallest absolute Gasteiger partial charge is 0.209 e. The van der Waals surface area contributed by atoms with Crippen LogP contribution in [0.1, 0.15) is 30.3 Å². The third-order valence-corrected chi connectivity index (χ3v) is 5.81. The van der Waals surface area contributed by atoms with Gasteiger partial charge in [0.1, 0.15) is 10.8 Å². The Labute approximate surface area is 163 Å². The maximum absolute atomic E-state index is 11.8. The molecule has 0 aliphatic carbocycles. The molecule has 1 aromatic heterocycles. The Balaban J connectivity index is 1.57. The number of rotatable bonds is 6. The molecule has 3 aromatic rings. The van der Waals surface area contributed by atoms with E-state index < -0.39 is 6.23 Å². The number of aromatic nitrogens is 1. The van der Waals surface area contributed by atoms with Gasteiger partial charge in [0.25, 0.3) is 0 Å². The molecule has 1 unspecified atom stereocenters. The van der Waals surface area contributed by atoms with Gasteiger partial charge in [0.15, 0.2) is 6.29 Å².